The fraction of sp³-hybridized carbons (Fsp3) is 0.375. The van der Waals surface area contributed by atoms with Crippen LogP contribution in [0.3, 0.4) is 0 Å². The van der Waals surface area contributed by atoms with Crippen molar-refractivity contribution in [3.05, 3.63) is 59.5 Å². The molecule has 0 amide bonds. The van der Waals surface area contributed by atoms with Gasteiger partial charge < -0.3 is 9.73 Å². The highest BCUT2D eigenvalue weighted by Gasteiger charge is 2.15. The number of aryl methyl sites for hydroxylation is 1. The predicted molar refractivity (Wildman–Crippen MR) is 74.7 cm³/mol. The van der Waals surface area contributed by atoms with Gasteiger partial charge in [0.2, 0.25) is 0 Å². The maximum Gasteiger partial charge on any atom is 0.125 e. The molecule has 0 aliphatic carbocycles. The van der Waals surface area contributed by atoms with Crippen molar-refractivity contribution in [2.45, 2.75) is 32.7 Å². The van der Waals surface area contributed by atoms with E-state index in [0.717, 1.165) is 25.1 Å². The van der Waals surface area contributed by atoms with E-state index in [9.17, 15) is 0 Å². The predicted octanol–water partition coefficient (Wildman–Crippen LogP) is 3.93. The van der Waals surface area contributed by atoms with Gasteiger partial charge in [0.1, 0.15) is 5.76 Å². The van der Waals surface area contributed by atoms with Crippen LogP contribution in [0.15, 0.2) is 47.1 Å². The van der Waals surface area contributed by atoms with Crippen LogP contribution in [-0.4, -0.2) is 6.54 Å². The average Bonchev–Trinajstić information content (AvgIpc) is 2.94. The van der Waals surface area contributed by atoms with Crippen LogP contribution in [0, 0.1) is 0 Å². The van der Waals surface area contributed by atoms with Gasteiger partial charge in [0, 0.05) is 0 Å². The zero-order valence-electron chi connectivity index (χ0n) is 11.1. The molecule has 0 aliphatic rings. The second-order valence-corrected chi connectivity index (χ2v) is 4.50. The van der Waals surface area contributed by atoms with Crippen LogP contribution in [0.4, 0.5) is 0 Å². The lowest BCUT2D eigenvalue weighted by Crippen LogP contribution is -2.22. The second kappa shape index (κ2) is 6.41. The van der Waals surface area contributed by atoms with Crippen LogP contribution in [0.5, 0.6) is 0 Å². The third-order valence-corrected chi connectivity index (χ3v) is 3.15. The lowest BCUT2D eigenvalue weighted by molar-refractivity contribution is 0.446. The smallest absolute Gasteiger partial charge is 0.125 e. The number of hydrogen-bond acceptors (Lipinski definition) is 2. The molecule has 1 atom stereocenters. The molecule has 1 aromatic carbocycles. The fourth-order valence-corrected chi connectivity index (χ4v) is 2.07. The van der Waals surface area contributed by atoms with Gasteiger partial charge in [-0.2, -0.15) is 0 Å². The van der Waals surface area contributed by atoms with E-state index in [1.54, 1.807) is 6.26 Å². The Morgan fingerprint density at radius 1 is 1.11 bits per heavy atom. The minimum absolute atomic E-state index is 0.158. The third-order valence-electron chi connectivity index (χ3n) is 3.15. The third kappa shape index (κ3) is 3.02. The minimum Gasteiger partial charge on any atom is -0.467 e. The van der Waals surface area contributed by atoms with Gasteiger partial charge in [0.05, 0.1) is 12.3 Å². The Labute approximate surface area is 109 Å². The Kier molecular flexibility index (Phi) is 4.59. The summed E-state index contributed by atoms with van der Waals surface area (Å²) in [6, 6.07) is 12.9. The average molecular weight is 243 g/mol. The van der Waals surface area contributed by atoms with Crippen LogP contribution in [0.1, 0.15) is 43.2 Å². The van der Waals surface area contributed by atoms with Gasteiger partial charge in [-0.1, -0.05) is 38.1 Å². The van der Waals surface area contributed by atoms with E-state index < -0.39 is 0 Å². The van der Waals surface area contributed by atoms with Crippen LogP contribution < -0.4 is 5.32 Å². The number of furan rings is 1. The Bertz CT molecular complexity index is 444. The summed E-state index contributed by atoms with van der Waals surface area (Å²) >= 11 is 0. The summed E-state index contributed by atoms with van der Waals surface area (Å²) in [4.78, 5) is 0. The quantitative estimate of drug-likeness (QED) is 0.831. The summed E-state index contributed by atoms with van der Waals surface area (Å²) in [6.07, 6.45) is 3.93. The first-order chi connectivity index (χ1) is 8.85. The SMILES string of the molecule is CCCNC(c1ccc(CC)cc1)c1ccco1. The summed E-state index contributed by atoms with van der Waals surface area (Å²) < 4.78 is 5.54. The van der Waals surface area contributed by atoms with Gasteiger partial charge >= 0.3 is 0 Å². The molecule has 96 valence electrons. The highest BCUT2D eigenvalue weighted by Crippen LogP contribution is 2.23. The Morgan fingerprint density at radius 3 is 2.44 bits per heavy atom. The molecule has 2 nitrogen and oxygen atoms in total. The summed E-state index contributed by atoms with van der Waals surface area (Å²) in [5.41, 5.74) is 2.63. The van der Waals surface area contributed by atoms with E-state index >= 15 is 0 Å². The molecular weight excluding hydrogens is 222 g/mol. The van der Waals surface area contributed by atoms with Crippen LogP contribution >= 0.6 is 0 Å². The van der Waals surface area contributed by atoms with Crippen molar-refractivity contribution in [2.75, 3.05) is 6.54 Å². The Balaban J connectivity index is 2.21. The van der Waals surface area contributed by atoms with Gasteiger partial charge in [-0.15, -0.1) is 0 Å². The topological polar surface area (TPSA) is 25.2 Å². The molecule has 1 unspecified atom stereocenters. The van der Waals surface area contributed by atoms with Crippen molar-refractivity contribution in [3.63, 3.8) is 0 Å². The molecule has 1 aromatic heterocycles. The first-order valence-corrected chi connectivity index (χ1v) is 6.70. The second-order valence-electron chi connectivity index (χ2n) is 4.50. The molecule has 2 heteroatoms. The lowest BCUT2D eigenvalue weighted by atomic mass is 10.0. The number of hydrogen-bond donors (Lipinski definition) is 1. The van der Waals surface area contributed by atoms with Crippen molar-refractivity contribution < 1.29 is 4.42 Å². The van der Waals surface area contributed by atoms with Crippen molar-refractivity contribution in [2.24, 2.45) is 0 Å². The summed E-state index contributed by atoms with van der Waals surface area (Å²) in [7, 11) is 0. The van der Waals surface area contributed by atoms with Gasteiger partial charge in [-0.25, -0.2) is 0 Å². The maximum atomic E-state index is 5.54. The van der Waals surface area contributed by atoms with Crippen molar-refractivity contribution in [1.82, 2.24) is 5.32 Å². The molecule has 2 aromatic rings. The molecule has 0 spiro atoms. The Hall–Kier alpha value is -1.54. The first-order valence-electron chi connectivity index (χ1n) is 6.70. The molecule has 0 aliphatic heterocycles. The van der Waals surface area contributed by atoms with E-state index in [4.69, 9.17) is 4.42 Å². The van der Waals surface area contributed by atoms with E-state index in [-0.39, 0.29) is 6.04 Å². The normalized spacial score (nSPS) is 12.6. The van der Waals surface area contributed by atoms with Crippen molar-refractivity contribution in [3.8, 4) is 0 Å². The van der Waals surface area contributed by atoms with Gasteiger partial charge in [0.15, 0.2) is 0 Å². The van der Waals surface area contributed by atoms with Gasteiger partial charge in [0.25, 0.3) is 0 Å². The zero-order valence-corrected chi connectivity index (χ0v) is 11.1. The van der Waals surface area contributed by atoms with E-state index in [1.165, 1.54) is 11.1 Å². The molecule has 1 N–H and O–H groups in total. The summed E-state index contributed by atoms with van der Waals surface area (Å²) in [6.45, 7) is 5.33. The molecule has 2 rings (SSSR count). The largest absolute Gasteiger partial charge is 0.467 e. The molecule has 0 saturated heterocycles. The lowest BCUT2D eigenvalue weighted by Gasteiger charge is -2.17. The molecule has 0 bridgehead atoms. The minimum atomic E-state index is 0.158. The summed E-state index contributed by atoms with van der Waals surface area (Å²) in [5, 5.41) is 3.53. The highest BCUT2D eigenvalue weighted by molar-refractivity contribution is 5.29. The summed E-state index contributed by atoms with van der Waals surface area (Å²) in [5.74, 6) is 0.979. The standard InChI is InChI=1S/C16H21NO/c1-3-11-17-16(15-6-5-12-18-15)14-9-7-13(4-2)8-10-14/h5-10,12,16-17H,3-4,11H2,1-2H3. The molecule has 0 radical (unpaired) electrons. The fourth-order valence-electron chi connectivity index (χ4n) is 2.07. The van der Waals surface area contributed by atoms with Crippen molar-refractivity contribution in [1.29, 1.82) is 0 Å². The molecule has 0 fully saturated rings. The first kappa shape index (κ1) is 12.9. The monoisotopic (exact) mass is 243 g/mol. The van der Waals surface area contributed by atoms with E-state index in [1.807, 2.05) is 12.1 Å². The molecule has 18 heavy (non-hydrogen) atoms. The number of rotatable bonds is 6. The molecular formula is C16H21NO. The van der Waals surface area contributed by atoms with E-state index in [2.05, 4.69) is 43.4 Å². The van der Waals surface area contributed by atoms with Crippen LogP contribution in [0.2, 0.25) is 0 Å². The van der Waals surface area contributed by atoms with Crippen molar-refractivity contribution >= 4 is 0 Å². The molecule has 1 heterocycles. The molecule has 0 saturated carbocycles. The maximum absolute atomic E-state index is 5.54. The number of benzene rings is 1. The van der Waals surface area contributed by atoms with Gasteiger partial charge in [-0.3, -0.25) is 0 Å². The Morgan fingerprint density at radius 2 is 1.89 bits per heavy atom. The van der Waals surface area contributed by atoms with Crippen LogP contribution in [-0.2, 0) is 6.42 Å². The number of nitrogens with one attached hydrogen (secondary N) is 1. The zero-order chi connectivity index (χ0) is 12.8. The van der Waals surface area contributed by atoms with Gasteiger partial charge in [-0.05, 0) is 42.6 Å². The van der Waals surface area contributed by atoms with Crippen LogP contribution in [0.25, 0.3) is 0 Å². The highest BCUT2D eigenvalue weighted by atomic mass is 16.3. The van der Waals surface area contributed by atoms with E-state index in [0.29, 0.717) is 0 Å².